The second-order valence-electron chi connectivity index (χ2n) is 6.64. The van der Waals surface area contributed by atoms with Crippen LogP contribution in [0.25, 0.3) is 11.3 Å². The molecule has 1 atom stereocenters. The molecule has 0 aliphatic heterocycles. The van der Waals surface area contributed by atoms with Gasteiger partial charge in [-0.25, -0.2) is 13.6 Å². The van der Waals surface area contributed by atoms with Crippen molar-refractivity contribution in [2.75, 3.05) is 18.6 Å². The monoisotopic (exact) mass is 414 g/mol. The lowest BCUT2D eigenvalue weighted by Gasteiger charge is -2.21. The molecule has 0 spiro atoms. The fourth-order valence-electron chi connectivity index (χ4n) is 3.42. The molecule has 0 aliphatic rings. The van der Waals surface area contributed by atoms with E-state index in [1.54, 1.807) is 49.4 Å². The zero-order valence-corrected chi connectivity index (χ0v) is 16.8. The maximum Gasteiger partial charge on any atom is 0.247 e. The number of sulfonamides is 1. The molecular weight excluding hydrogens is 392 g/mol. The normalized spacial score (nSPS) is 12.5. The van der Waals surface area contributed by atoms with Crippen LogP contribution in [0.2, 0.25) is 0 Å². The summed E-state index contributed by atoms with van der Waals surface area (Å²) in [4.78, 5) is 0. The molecule has 0 saturated heterocycles. The predicted molar refractivity (Wildman–Crippen MR) is 112 cm³/mol. The Morgan fingerprint density at radius 3 is 2.38 bits per heavy atom. The minimum Gasteiger partial charge on any atom is -0.618 e. The topological polar surface area (TPSA) is 148 Å². The molecule has 0 radical (unpaired) electrons. The molecule has 0 fully saturated rings. The Balaban J connectivity index is 2.32. The summed E-state index contributed by atoms with van der Waals surface area (Å²) >= 11 is 0. The highest BCUT2D eigenvalue weighted by Crippen LogP contribution is 2.39. The number of anilines is 2. The van der Waals surface area contributed by atoms with E-state index in [4.69, 9.17) is 21.3 Å². The van der Waals surface area contributed by atoms with E-state index < -0.39 is 15.3 Å². The van der Waals surface area contributed by atoms with Gasteiger partial charge in [0.05, 0.1) is 12.7 Å². The van der Waals surface area contributed by atoms with E-state index in [0.29, 0.717) is 27.3 Å². The number of aryl methyl sites for hydroxylation is 1. The number of para-hydroxylation sites is 1. The van der Waals surface area contributed by atoms with Gasteiger partial charge in [0, 0.05) is 22.9 Å². The van der Waals surface area contributed by atoms with E-state index in [9.17, 15) is 13.6 Å². The van der Waals surface area contributed by atoms with Crippen LogP contribution < -0.4 is 26.1 Å². The fourth-order valence-corrected chi connectivity index (χ4v) is 4.53. The summed E-state index contributed by atoms with van der Waals surface area (Å²) in [5, 5.41) is 16.8. The van der Waals surface area contributed by atoms with Gasteiger partial charge in [0.25, 0.3) is 0 Å². The molecule has 1 aromatic heterocycles. The van der Waals surface area contributed by atoms with Crippen LogP contribution in [0.4, 0.5) is 11.4 Å². The largest absolute Gasteiger partial charge is 0.618 e. The summed E-state index contributed by atoms with van der Waals surface area (Å²) in [7, 11) is -2.71. The first-order valence-electron chi connectivity index (χ1n) is 8.67. The number of nitrogen functional groups attached to an aromatic ring is 2. The molecule has 1 heterocycles. The highest BCUT2D eigenvalue weighted by Gasteiger charge is 2.33. The molecule has 1 unspecified atom stereocenters. The number of rotatable bonds is 5. The fraction of sp³-hybridized carbons (Fsp3) is 0.150. The molecule has 8 nitrogen and oxygen atoms in total. The number of pyridine rings is 1. The average molecular weight is 414 g/mol. The van der Waals surface area contributed by atoms with E-state index in [2.05, 4.69) is 0 Å². The van der Waals surface area contributed by atoms with Gasteiger partial charge in [0.1, 0.15) is 16.7 Å². The van der Waals surface area contributed by atoms with Crippen LogP contribution in [0.3, 0.4) is 0 Å². The summed E-state index contributed by atoms with van der Waals surface area (Å²) in [6, 6.07) is 13.0. The van der Waals surface area contributed by atoms with Gasteiger partial charge in [-0.3, -0.25) is 0 Å². The van der Waals surface area contributed by atoms with Crippen molar-refractivity contribution in [3.05, 3.63) is 76.6 Å². The molecule has 3 rings (SSSR count). The van der Waals surface area contributed by atoms with Crippen molar-refractivity contribution >= 4 is 21.4 Å². The van der Waals surface area contributed by atoms with E-state index in [1.165, 1.54) is 19.4 Å². The van der Waals surface area contributed by atoms with Crippen molar-refractivity contribution in [2.45, 2.75) is 12.2 Å². The van der Waals surface area contributed by atoms with Crippen molar-refractivity contribution in [1.82, 2.24) is 0 Å². The number of benzene rings is 2. The molecule has 29 heavy (non-hydrogen) atoms. The highest BCUT2D eigenvalue weighted by atomic mass is 32.2. The minimum absolute atomic E-state index is 0.0142. The molecule has 0 amide bonds. The lowest BCUT2D eigenvalue weighted by atomic mass is 9.97. The van der Waals surface area contributed by atoms with Gasteiger partial charge >= 0.3 is 0 Å². The average Bonchev–Trinajstić information content (AvgIpc) is 2.65. The van der Waals surface area contributed by atoms with Crippen LogP contribution in [0.5, 0.6) is 5.75 Å². The summed E-state index contributed by atoms with van der Waals surface area (Å²) in [6.07, 6.45) is 1.21. The molecular formula is C20H22N4O4S. The lowest BCUT2D eigenvalue weighted by Crippen LogP contribution is -2.32. The first kappa shape index (κ1) is 20.4. The Hall–Kier alpha value is -3.30. The quantitative estimate of drug-likeness (QED) is 0.329. The van der Waals surface area contributed by atoms with E-state index in [1.807, 2.05) is 0 Å². The smallest absolute Gasteiger partial charge is 0.247 e. The van der Waals surface area contributed by atoms with Gasteiger partial charge in [-0.2, -0.15) is 4.73 Å². The molecule has 2 aromatic carbocycles. The van der Waals surface area contributed by atoms with Crippen molar-refractivity contribution < 1.29 is 17.9 Å². The Bertz CT molecular complexity index is 1180. The van der Waals surface area contributed by atoms with Gasteiger partial charge in [-0.1, -0.05) is 18.2 Å². The Labute approximate surface area is 169 Å². The lowest BCUT2D eigenvalue weighted by molar-refractivity contribution is -0.593. The minimum atomic E-state index is -4.15. The third-order valence-electron chi connectivity index (χ3n) is 4.71. The maximum atomic E-state index is 12.6. The van der Waals surface area contributed by atoms with Crippen LogP contribution >= 0.6 is 0 Å². The molecule has 0 saturated carbocycles. The number of methoxy groups -OCH3 is 1. The maximum absolute atomic E-state index is 12.6. The van der Waals surface area contributed by atoms with Crippen molar-refractivity contribution in [3.8, 4) is 17.0 Å². The second kappa shape index (κ2) is 7.61. The zero-order chi connectivity index (χ0) is 21.3. The number of hydrogen-bond donors (Lipinski definition) is 3. The molecule has 0 aliphatic carbocycles. The summed E-state index contributed by atoms with van der Waals surface area (Å²) in [5.74, 6) is 0.343. The zero-order valence-electron chi connectivity index (χ0n) is 16.0. The molecule has 6 N–H and O–H groups in total. The number of nitrogens with two attached hydrogens (primary N) is 3. The first-order chi connectivity index (χ1) is 13.6. The second-order valence-corrected chi connectivity index (χ2v) is 8.29. The molecule has 9 heteroatoms. The Kier molecular flexibility index (Phi) is 5.36. The van der Waals surface area contributed by atoms with Crippen molar-refractivity contribution in [1.29, 1.82) is 0 Å². The van der Waals surface area contributed by atoms with Crippen LogP contribution in [0.15, 0.2) is 54.7 Å². The number of nitrogens with zero attached hydrogens (tertiary/aromatic N) is 1. The first-order valence-corrected chi connectivity index (χ1v) is 10.3. The van der Waals surface area contributed by atoms with Gasteiger partial charge in [-0.15, -0.1) is 0 Å². The third-order valence-corrected chi connectivity index (χ3v) is 5.88. The van der Waals surface area contributed by atoms with Crippen molar-refractivity contribution in [3.63, 3.8) is 0 Å². The van der Waals surface area contributed by atoms with Gasteiger partial charge in [0.15, 0.2) is 6.20 Å². The summed E-state index contributed by atoms with van der Waals surface area (Å²) in [5.41, 5.74) is 14.6. The van der Waals surface area contributed by atoms with Crippen LogP contribution in [-0.2, 0) is 10.0 Å². The number of primary sulfonamides is 1. The Morgan fingerprint density at radius 1 is 1.07 bits per heavy atom. The summed E-state index contributed by atoms with van der Waals surface area (Å²) < 4.78 is 31.0. The van der Waals surface area contributed by atoms with E-state index >= 15 is 0 Å². The Morgan fingerprint density at radius 2 is 1.76 bits per heavy atom. The molecule has 152 valence electrons. The predicted octanol–water partition coefficient (Wildman–Crippen LogP) is 1.85. The number of aromatic nitrogens is 1. The van der Waals surface area contributed by atoms with Crippen LogP contribution in [0, 0.1) is 12.1 Å². The standard InChI is InChI=1S/C20H22N4O4S/c1-12-11-13(21)7-8-14(12)19-18(22)16(9-10-24(19)25)20(29(23,26)27)15-5-3-4-6-17(15)28-2/h3-11,20H,21-22H2,1-2H3,(H2,23,26,27). The van der Waals surface area contributed by atoms with Gasteiger partial charge in [-0.05, 0) is 36.8 Å². The molecule has 3 aromatic rings. The van der Waals surface area contributed by atoms with Crippen LogP contribution in [-0.4, -0.2) is 15.5 Å². The van der Waals surface area contributed by atoms with Crippen molar-refractivity contribution in [2.24, 2.45) is 5.14 Å². The number of hydrogen-bond acceptors (Lipinski definition) is 6. The summed E-state index contributed by atoms with van der Waals surface area (Å²) in [6.45, 7) is 1.79. The third kappa shape index (κ3) is 3.82. The van der Waals surface area contributed by atoms with Gasteiger partial charge in [0.2, 0.25) is 15.7 Å². The van der Waals surface area contributed by atoms with E-state index in [-0.39, 0.29) is 16.9 Å². The van der Waals surface area contributed by atoms with Gasteiger partial charge < -0.3 is 21.4 Å². The van der Waals surface area contributed by atoms with Crippen LogP contribution in [0.1, 0.15) is 21.9 Å². The highest BCUT2D eigenvalue weighted by molar-refractivity contribution is 7.89. The SMILES string of the molecule is COc1ccccc1C(c1cc[n+]([O-])c(-c2ccc(N)cc2C)c1N)S(N)(=O)=O. The molecule has 0 bridgehead atoms. The van der Waals surface area contributed by atoms with E-state index in [0.717, 1.165) is 5.56 Å². The number of ether oxygens (including phenoxy) is 1.